The first-order valence-corrected chi connectivity index (χ1v) is 18.2. The third-order valence-electron chi connectivity index (χ3n) is 9.31. The summed E-state index contributed by atoms with van der Waals surface area (Å²) in [5.41, 5.74) is -1.07. The molecule has 1 saturated carbocycles. The molecule has 0 aromatic heterocycles. The van der Waals surface area contributed by atoms with Gasteiger partial charge in [-0.05, 0) is 32.1 Å². The van der Waals surface area contributed by atoms with E-state index in [4.69, 9.17) is 14.2 Å². The fourth-order valence-electron chi connectivity index (χ4n) is 6.55. The van der Waals surface area contributed by atoms with Crippen molar-refractivity contribution < 1.29 is 23.8 Å². The van der Waals surface area contributed by atoms with Crippen LogP contribution in [0.1, 0.15) is 187 Å². The van der Waals surface area contributed by atoms with Crippen molar-refractivity contribution in [3.63, 3.8) is 0 Å². The quantitative estimate of drug-likeness (QED) is 0.0525. The van der Waals surface area contributed by atoms with Gasteiger partial charge in [0.1, 0.15) is 0 Å². The first kappa shape index (κ1) is 36.1. The van der Waals surface area contributed by atoms with Gasteiger partial charge in [0.15, 0.2) is 0 Å². The van der Waals surface area contributed by atoms with Crippen LogP contribution in [-0.4, -0.2) is 36.9 Å². The summed E-state index contributed by atoms with van der Waals surface area (Å²) in [4.78, 5) is 25.9. The zero-order valence-electron chi connectivity index (χ0n) is 27.2. The second-order valence-corrected chi connectivity index (χ2v) is 13.0. The number of rotatable bonds is 28. The van der Waals surface area contributed by atoms with Crippen LogP contribution in [-0.2, 0) is 23.8 Å². The van der Waals surface area contributed by atoms with E-state index in [2.05, 4.69) is 13.8 Å². The van der Waals surface area contributed by atoms with Crippen LogP contribution in [0.3, 0.4) is 0 Å². The fourth-order valence-corrected chi connectivity index (χ4v) is 6.55. The summed E-state index contributed by atoms with van der Waals surface area (Å²) in [5, 5.41) is 0. The van der Waals surface area contributed by atoms with Crippen LogP contribution in [0.4, 0.5) is 0 Å². The molecule has 0 N–H and O–H groups in total. The molecule has 5 nitrogen and oxygen atoms in total. The van der Waals surface area contributed by atoms with Gasteiger partial charge in [0.2, 0.25) is 5.60 Å². The summed E-state index contributed by atoms with van der Waals surface area (Å²) < 4.78 is 17.2. The minimum Gasteiger partial charge on any atom is -0.465 e. The molecule has 0 spiro atoms. The Balaban J connectivity index is 1.48. The number of hydrogen-bond donors (Lipinski definition) is 0. The fraction of sp³-hybridized carbons (Fsp3) is 0.944. The molecule has 0 amide bonds. The van der Waals surface area contributed by atoms with E-state index in [1.165, 1.54) is 128 Å². The highest BCUT2D eigenvalue weighted by atomic mass is 16.7. The number of ether oxygens (including phenoxy) is 3. The predicted molar refractivity (Wildman–Crippen MR) is 169 cm³/mol. The molecule has 1 aliphatic carbocycles. The summed E-state index contributed by atoms with van der Waals surface area (Å²) >= 11 is 0. The summed E-state index contributed by atoms with van der Waals surface area (Å²) in [5.74, 6) is -1.11. The summed E-state index contributed by atoms with van der Waals surface area (Å²) in [7, 11) is 0. The molecule has 0 aromatic carbocycles. The molecular weight excluding hydrogens is 512 g/mol. The van der Waals surface area contributed by atoms with Crippen molar-refractivity contribution in [2.24, 2.45) is 5.92 Å². The molecule has 240 valence electrons. The largest absolute Gasteiger partial charge is 0.465 e. The smallest absolute Gasteiger partial charge is 0.342 e. The van der Waals surface area contributed by atoms with Crippen molar-refractivity contribution in [3.05, 3.63) is 0 Å². The molecule has 0 aromatic rings. The van der Waals surface area contributed by atoms with Crippen LogP contribution >= 0.6 is 0 Å². The minimum atomic E-state index is -1.07. The van der Waals surface area contributed by atoms with Crippen LogP contribution < -0.4 is 0 Å². The standard InChI is InChI=1S/C36H66O5/c1-3-5-7-9-11-13-15-17-19-21-23-25-30-39-34(37)32-28-27-29-33-36(32,41-33)35(38)40-31-26-24-22-20-18-16-14-12-10-8-6-4-2/h32-33H,3-31H2,1-2H3. The first-order chi connectivity index (χ1) is 20.2. The Kier molecular flexibility index (Phi) is 20.6. The molecule has 2 rings (SSSR count). The molecule has 3 unspecified atom stereocenters. The first-order valence-electron chi connectivity index (χ1n) is 18.2. The molecule has 0 radical (unpaired) electrons. The van der Waals surface area contributed by atoms with Gasteiger partial charge < -0.3 is 14.2 Å². The van der Waals surface area contributed by atoms with E-state index in [-0.39, 0.29) is 18.0 Å². The van der Waals surface area contributed by atoms with Crippen LogP contribution in [0, 0.1) is 5.92 Å². The van der Waals surface area contributed by atoms with E-state index < -0.39 is 11.5 Å². The molecule has 3 atom stereocenters. The number of esters is 2. The Morgan fingerprint density at radius 2 is 0.951 bits per heavy atom. The summed E-state index contributed by atoms with van der Waals surface area (Å²) in [6.45, 7) is 5.40. The van der Waals surface area contributed by atoms with E-state index in [9.17, 15) is 9.59 Å². The Morgan fingerprint density at radius 1 is 0.561 bits per heavy atom. The molecule has 41 heavy (non-hydrogen) atoms. The third kappa shape index (κ3) is 14.8. The lowest BCUT2D eigenvalue weighted by atomic mass is 9.79. The van der Waals surface area contributed by atoms with Crippen molar-refractivity contribution in [2.75, 3.05) is 13.2 Å². The molecule has 1 aliphatic heterocycles. The van der Waals surface area contributed by atoms with Gasteiger partial charge in [-0.2, -0.15) is 0 Å². The SMILES string of the molecule is CCCCCCCCCCCCCCOC(=O)C1CCCC2OC21C(=O)OCCCCCCCCCCCCCC. The highest BCUT2D eigenvalue weighted by molar-refractivity contribution is 5.91. The van der Waals surface area contributed by atoms with Crippen molar-refractivity contribution in [1.29, 1.82) is 0 Å². The lowest BCUT2D eigenvalue weighted by Gasteiger charge is -2.25. The van der Waals surface area contributed by atoms with Crippen LogP contribution in [0.25, 0.3) is 0 Å². The highest BCUT2D eigenvalue weighted by Gasteiger charge is 2.71. The molecule has 2 fully saturated rings. The zero-order chi connectivity index (χ0) is 29.4. The highest BCUT2D eigenvalue weighted by Crippen LogP contribution is 2.52. The van der Waals surface area contributed by atoms with E-state index in [0.29, 0.717) is 19.6 Å². The van der Waals surface area contributed by atoms with E-state index in [1.807, 2.05) is 0 Å². The Labute approximate surface area is 253 Å². The third-order valence-corrected chi connectivity index (χ3v) is 9.31. The van der Waals surface area contributed by atoms with Crippen molar-refractivity contribution in [3.8, 4) is 0 Å². The molecule has 2 aliphatic rings. The molecule has 1 saturated heterocycles. The lowest BCUT2D eigenvalue weighted by Crippen LogP contribution is -2.44. The average Bonchev–Trinajstić information content (AvgIpc) is 3.74. The predicted octanol–water partition coefficient (Wildman–Crippen LogP) is 10.4. The molecule has 0 bridgehead atoms. The van der Waals surface area contributed by atoms with Crippen molar-refractivity contribution in [1.82, 2.24) is 0 Å². The minimum absolute atomic E-state index is 0.171. The molecular formula is C36H66O5. The van der Waals surface area contributed by atoms with Crippen molar-refractivity contribution >= 4 is 11.9 Å². The summed E-state index contributed by atoms with van der Waals surface area (Å²) in [6.07, 6.45) is 32.9. The van der Waals surface area contributed by atoms with E-state index in [0.717, 1.165) is 38.5 Å². The second-order valence-electron chi connectivity index (χ2n) is 13.0. The maximum Gasteiger partial charge on any atom is 0.342 e. The second kappa shape index (κ2) is 23.4. The van der Waals surface area contributed by atoms with Crippen LogP contribution in [0.5, 0.6) is 0 Å². The average molecular weight is 579 g/mol. The van der Waals surface area contributed by atoms with Gasteiger partial charge in [-0.3, -0.25) is 4.79 Å². The Morgan fingerprint density at radius 3 is 1.39 bits per heavy atom. The number of unbranched alkanes of at least 4 members (excludes halogenated alkanes) is 22. The Hall–Kier alpha value is -1.10. The zero-order valence-corrected chi connectivity index (χ0v) is 27.2. The van der Waals surface area contributed by atoms with E-state index >= 15 is 0 Å². The van der Waals surface area contributed by atoms with Crippen LogP contribution in [0.15, 0.2) is 0 Å². The maximum absolute atomic E-state index is 13.0. The van der Waals surface area contributed by atoms with Gasteiger partial charge >= 0.3 is 11.9 Å². The number of epoxide rings is 1. The number of hydrogen-bond acceptors (Lipinski definition) is 5. The number of carbonyl (C=O) groups is 2. The Bertz CT molecular complexity index is 664. The van der Waals surface area contributed by atoms with Gasteiger partial charge in [-0.1, -0.05) is 155 Å². The monoisotopic (exact) mass is 578 g/mol. The summed E-state index contributed by atoms with van der Waals surface area (Å²) in [6, 6.07) is 0. The molecule has 5 heteroatoms. The number of fused-ring (bicyclic) bond motifs is 1. The van der Waals surface area contributed by atoms with Gasteiger partial charge in [0, 0.05) is 0 Å². The van der Waals surface area contributed by atoms with Crippen molar-refractivity contribution in [2.45, 2.75) is 199 Å². The molecule has 1 heterocycles. The van der Waals surface area contributed by atoms with Crippen LogP contribution in [0.2, 0.25) is 0 Å². The van der Waals surface area contributed by atoms with Gasteiger partial charge in [-0.15, -0.1) is 0 Å². The van der Waals surface area contributed by atoms with E-state index in [1.54, 1.807) is 0 Å². The normalized spacial score (nSPS) is 21.4. The topological polar surface area (TPSA) is 65.1 Å². The lowest BCUT2D eigenvalue weighted by molar-refractivity contribution is -0.163. The van der Waals surface area contributed by atoms with Gasteiger partial charge in [0.25, 0.3) is 0 Å². The maximum atomic E-state index is 13.0. The van der Waals surface area contributed by atoms with Gasteiger partial charge in [0.05, 0.1) is 25.2 Å². The van der Waals surface area contributed by atoms with Gasteiger partial charge in [-0.25, -0.2) is 4.79 Å². The number of carbonyl (C=O) groups excluding carboxylic acids is 2.